The van der Waals surface area contributed by atoms with Gasteiger partial charge in [0.15, 0.2) is 0 Å². The van der Waals surface area contributed by atoms with Gasteiger partial charge >= 0.3 is 5.97 Å². The predicted molar refractivity (Wildman–Crippen MR) is 92.6 cm³/mol. The number of halogens is 2. The van der Waals surface area contributed by atoms with E-state index in [0.29, 0.717) is 15.6 Å². The van der Waals surface area contributed by atoms with E-state index in [-0.39, 0.29) is 0 Å². The zero-order chi connectivity index (χ0) is 14.9. The number of ether oxygens (including phenoxy) is 1. The van der Waals surface area contributed by atoms with Crippen LogP contribution in [0.5, 0.6) is 0 Å². The molecule has 0 aliphatic rings. The summed E-state index contributed by atoms with van der Waals surface area (Å²) < 4.78 is 5.85. The molecule has 106 valence electrons. The van der Waals surface area contributed by atoms with Gasteiger partial charge in [0.25, 0.3) is 0 Å². The molecule has 0 aliphatic carbocycles. The van der Waals surface area contributed by atoms with Crippen molar-refractivity contribution < 1.29 is 9.53 Å². The summed E-state index contributed by atoms with van der Waals surface area (Å²) in [5, 5.41) is 0.661. The number of benzene rings is 1. The molecular formula is C14H13ClINO2S. The van der Waals surface area contributed by atoms with Gasteiger partial charge in [0.05, 0.1) is 12.8 Å². The van der Waals surface area contributed by atoms with Crippen LogP contribution < -0.4 is 5.73 Å². The Balaban J connectivity index is 2.68. The van der Waals surface area contributed by atoms with Crippen LogP contribution in [-0.4, -0.2) is 13.1 Å². The molecular weight excluding hydrogens is 409 g/mol. The second-order valence-electron chi connectivity index (χ2n) is 4.12. The van der Waals surface area contributed by atoms with Crippen molar-refractivity contribution in [3.05, 3.63) is 37.2 Å². The van der Waals surface area contributed by atoms with Crippen molar-refractivity contribution in [3.63, 3.8) is 0 Å². The fourth-order valence-corrected chi connectivity index (χ4v) is 4.18. The molecule has 1 aromatic carbocycles. The Bertz CT molecular complexity index is 669. The van der Waals surface area contributed by atoms with Gasteiger partial charge in [-0.3, -0.25) is 0 Å². The van der Waals surface area contributed by atoms with Crippen LogP contribution in [0.4, 0.5) is 5.69 Å². The van der Waals surface area contributed by atoms with Crippen LogP contribution in [0.1, 0.15) is 22.2 Å². The molecule has 1 aromatic heterocycles. The summed E-state index contributed by atoms with van der Waals surface area (Å²) in [5.74, 6) is -0.398. The van der Waals surface area contributed by atoms with Crippen molar-refractivity contribution in [1.29, 1.82) is 0 Å². The maximum Gasteiger partial charge on any atom is 0.350 e. The number of rotatable bonds is 3. The van der Waals surface area contributed by atoms with Crippen LogP contribution in [0.3, 0.4) is 0 Å². The number of esters is 1. The quantitative estimate of drug-likeness (QED) is 0.582. The standard InChI is InChI=1S/C14H13ClINO2S/c1-3-8-11(17)13(14(18)19-2)20-12(8)9-6-7(15)4-5-10(9)16/h4-6H,3,17H2,1-2H3. The monoisotopic (exact) mass is 421 g/mol. The fraction of sp³-hybridized carbons (Fsp3) is 0.214. The van der Waals surface area contributed by atoms with E-state index in [1.54, 1.807) is 0 Å². The van der Waals surface area contributed by atoms with Crippen LogP contribution in [0, 0.1) is 3.57 Å². The van der Waals surface area contributed by atoms with Gasteiger partial charge in [-0.15, -0.1) is 11.3 Å². The Morgan fingerprint density at radius 1 is 1.50 bits per heavy atom. The zero-order valence-corrected chi connectivity index (χ0v) is 14.7. The van der Waals surface area contributed by atoms with Crippen molar-refractivity contribution in [2.24, 2.45) is 0 Å². The highest BCUT2D eigenvalue weighted by Gasteiger charge is 2.22. The van der Waals surface area contributed by atoms with Crippen LogP contribution in [0.2, 0.25) is 5.02 Å². The molecule has 3 nitrogen and oxygen atoms in total. The summed E-state index contributed by atoms with van der Waals surface area (Å²) in [4.78, 5) is 13.2. The number of thiophene rings is 1. The summed E-state index contributed by atoms with van der Waals surface area (Å²) in [7, 11) is 1.36. The van der Waals surface area contributed by atoms with Gasteiger partial charge < -0.3 is 10.5 Å². The Morgan fingerprint density at radius 2 is 2.20 bits per heavy atom. The summed E-state index contributed by atoms with van der Waals surface area (Å²) in [6.45, 7) is 2.01. The molecule has 0 unspecified atom stereocenters. The highest BCUT2D eigenvalue weighted by molar-refractivity contribution is 14.1. The number of methoxy groups -OCH3 is 1. The normalized spacial score (nSPS) is 10.6. The molecule has 20 heavy (non-hydrogen) atoms. The van der Waals surface area contributed by atoms with Gasteiger partial charge in [-0.2, -0.15) is 0 Å². The summed E-state index contributed by atoms with van der Waals surface area (Å²) in [6, 6.07) is 5.69. The van der Waals surface area contributed by atoms with Gasteiger partial charge in [0.2, 0.25) is 0 Å². The van der Waals surface area contributed by atoms with E-state index >= 15 is 0 Å². The zero-order valence-electron chi connectivity index (χ0n) is 11.0. The van der Waals surface area contributed by atoms with Gasteiger partial charge in [0, 0.05) is 19.0 Å². The van der Waals surface area contributed by atoms with E-state index < -0.39 is 5.97 Å². The third-order valence-electron chi connectivity index (χ3n) is 2.95. The van der Waals surface area contributed by atoms with Crippen molar-refractivity contribution in [2.75, 3.05) is 12.8 Å². The molecule has 0 saturated carbocycles. The molecule has 6 heteroatoms. The first-order valence-corrected chi connectivity index (χ1v) is 8.21. The largest absolute Gasteiger partial charge is 0.465 e. The third-order valence-corrected chi connectivity index (χ3v) is 5.38. The van der Waals surface area contributed by atoms with Crippen LogP contribution in [0.15, 0.2) is 18.2 Å². The molecule has 0 radical (unpaired) electrons. The van der Waals surface area contributed by atoms with E-state index in [9.17, 15) is 4.79 Å². The first-order valence-electron chi connectivity index (χ1n) is 5.94. The first-order chi connectivity index (χ1) is 9.49. The number of nitrogen functional groups attached to an aromatic ring is 1. The maximum atomic E-state index is 11.8. The molecule has 0 atom stereocenters. The Labute approximate surface area is 140 Å². The van der Waals surface area contributed by atoms with Gasteiger partial charge in [-0.05, 0) is 52.8 Å². The molecule has 2 rings (SSSR count). The van der Waals surface area contributed by atoms with E-state index in [2.05, 4.69) is 22.6 Å². The van der Waals surface area contributed by atoms with E-state index in [0.717, 1.165) is 26.0 Å². The van der Waals surface area contributed by atoms with E-state index in [4.69, 9.17) is 22.1 Å². The molecule has 0 bridgehead atoms. The summed E-state index contributed by atoms with van der Waals surface area (Å²) >= 11 is 9.69. The Morgan fingerprint density at radius 3 is 2.80 bits per heavy atom. The maximum absolute atomic E-state index is 11.8. The van der Waals surface area contributed by atoms with Crippen molar-refractivity contribution >= 4 is 57.2 Å². The van der Waals surface area contributed by atoms with Crippen molar-refractivity contribution in [2.45, 2.75) is 13.3 Å². The first kappa shape index (κ1) is 15.6. The third kappa shape index (κ3) is 2.80. The van der Waals surface area contributed by atoms with E-state index in [1.807, 2.05) is 25.1 Å². The highest BCUT2D eigenvalue weighted by atomic mass is 127. The van der Waals surface area contributed by atoms with Crippen molar-refractivity contribution in [3.8, 4) is 10.4 Å². The molecule has 2 aromatic rings. The lowest BCUT2D eigenvalue weighted by Gasteiger charge is -2.06. The van der Waals surface area contributed by atoms with Crippen LogP contribution >= 0.6 is 45.5 Å². The smallest absolute Gasteiger partial charge is 0.350 e. The summed E-state index contributed by atoms with van der Waals surface area (Å²) in [5.41, 5.74) is 8.57. The van der Waals surface area contributed by atoms with Gasteiger partial charge in [-0.1, -0.05) is 18.5 Å². The second-order valence-corrected chi connectivity index (χ2v) is 6.74. The fourth-order valence-electron chi connectivity index (χ4n) is 1.96. The lowest BCUT2D eigenvalue weighted by Crippen LogP contribution is -2.02. The minimum Gasteiger partial charge on any atom is -0.465 e. The van der Waals surface area contributed by atoms with Gasteiger partial charge in [0.1, 0.15) is 4.88 Å². The summed E-state index contributed by atoms with van der Waals surface area (Å²) in [6.07, 6.45) is 0.747. The van der Waals surface area contributed by atoms with Crippen LogP contribution in [0.25, 0.3) is 10.4 Å². The number of carbonyl (C=O) groups is 1. The number of nitrogens with two attached hydrogens (primary N) is 1. The van der Waals surface area contributed by atoms with E-state index in [1.165, 1.54) is 18.4 Å². The average Bonchev–Trinajstić information content (AvgIpc) is 2.77. The minimum atomic E-state index is -0.398. The molecule has 0 amide bonds. The number of hydrogen-bond acceptors (Lipinski definition) is 4. The average molecular weight is 422 g/mol. The number of hydrogen-bond donors (Lipinski definition) is 1. The number of anilines is 1. The Hall–Kier alpha value is -0.790. The highest BCUT2D eigenvalue weighted by Crippen LogP contribution is 2.41. The molecule has 1 heterocycles. The molecule has 0 saturated heterocycles. The lowest BCUT2D eigenvalue weighted by atomic mass is 10.1. The van der Waals surface area contributed by atoms with Gasteiger partial charge in [-0.25, -0.2) is 4.79 Å². The SMILES string of the molecule is CCc1c(-c2cc(Cl)ccc2I)sc(C(=O)OC)c1N. The second kappa shape index (κ2) is 6.32. The lowest BCUT2D eigenvalue weighted by molar-refractivity contribution is 0.0607. The Kier molecular flexibility index (Phi) is 4.93. The molecule has 0 spiro atoms. The minimum absolute atomic E-state index is 0.398. The molecule has 0 fully saturated rings. The molecule has 0 aliphatic heterocycles. The predicted octanol–water partition coefficient (Wildman–Crippen LogP) is 4.60. The number of carbonyl (C=O) groups excluding carboxylic acids is 1. The topological polar surface area (TPSA) is 52.3 Å². The molecule has 2 N–H and O–H groups in total. The van der Waals surface area contributed by atoms with Crippen LogP contribution in [-0.2, 0) is 11.2 Å². The van der Waals surface area contributed by atoms with Crippen molar-refractivity contribution in [1.82, 2.24) is 0 Å².